The number of para-hydroxylation sites is 1. The van der Waals surface area contributed by atoms with Crippen molar-refractivity contribution in [3.8, 4) is 0 Å². The molecule has 18 heavy (non-hydrogen) atoms. The van der Waals surface area contributed by atoms with Crippen molar-refractivity contribution >= 4 is 27.2 Å². The van der Waals surface area contributed by atoms with E-state index in [2.05, 4.69) is 67.1 Å². The predicted molar refractivity (Wildman–Crippen MR) is 77.2 cm³/mol. The molecule has 0 amide bonds. The molecule has 3 aromatic rings. The lowest BCUT2D eigenvalue weighted by atomic mass is 10.2. The Bertz CT molecular complexity index is 748. The number of benzene rings is 2. The number of hydrogen-bond donors (Lipinski definition) is 0. The Kier molecular flexibility index (Phi) is 2.76. The average Bonchev–Trinajstić information content (AvgIpc) is 2.70. The maximum atomic E-state index is 4.70. The molecule has 0 saturated carbocycles. The van der Waals surface area contributed by atoms with Gasteiger partial charge in [-0.15, -0.1) is 0 Å². The van der Waals surface area contributed by atoms with Crippen LogP contribution in [0, 0.1) is 6.92 Å². The van der Waals surface area contributed by atoms with E-state index in [1.54, 1.807) is 11.3 Å². The largest absolute Gasteiger partial charge is 0.320 e. The third-order valence-corrected chi connectivity index (χ3v) is 4.09. The minimum absolute atomic E-state index is 1.00. The van der Waals surface area contributed by atoms with Crippen LogP contribution in [-0.4, -0.2) is 4.57 Å². The van der Waals surface area contributed by atoms with Crippen molar-refractivity contribution in [2.75, 3.05) is 0 Å². The van der Waals surface area contributed by atoms with Crippen LogP contribution >= 0.6 is 11.3 Å². The minimum Gasteiger partial charge on any atom is -0.320 e. The molecule has 0 N–H and O–H groups in total. The highest BCUT2D eigenvalue weighted by molar-refractivity contribution is 7.16. The van der Waals surface area contributed by atoms with E-state index in [1.807, 2.05) is 0 Å². The Morgan fingerprint density at radius 2 is 1.72 bits per heavy atom. The lowest BCUT2D eigenvalue weighted by molar-refractivity contribution is 0.912. The molecular formula is C15H14N2S. The first kappa shape index (κ1) is 11.2. The summed E-state index contributed by atoms with van der Waals surface area (Å²) in [6.07, 6.45) is 0. The van der Waals surface area contributed by atoms with Gasteiger partial charge in [0.1, 0.15) is 0 Å². The van der Waals surface area contributed by atoms with Crippen molar-refractivity contribution in [3.63, 3.8) is 0 Å². The molecule has 0 aliphatic heterocycles. The smallest absolute Gasteiger partial charge is 0.190 e. The van der Waals surface area contributed by atoms with E-state index in [4.69, 9.17) is 4.99 Å². The Balaban J connectivity index is 2.19. The van der Waals surface area contributed by atoms with Crippen LogP contribution in [0.25, 0.3) is 10.2 Å². The predicted octanol–water partition coefficient (Wildman–Crippen LogP) is 3.78. The first-order valence-electron chi connectivity index (χ1n) is 5.90. The summed E-state index contributed by atoms with van der Waals surface area (Å²) in [5.41, 5.74) is 3.49. The highest BCUT2D eigenvalue weighted by Gasteiger charge is 2.01. The van der Waals surface area contributed by atoms with Gasteiger partial charge >= 0.3 is 0 Å². The Morgan fingerprint density at radius 3 is 2.44 bits per heavy atom. The fourth-order valence-corrected chi connectivity index (χ4v) is 2.96. The molecule has 3 heteroatoms. The van der Waals surface area contributed by atoms with Crippen LogP contribution in [0.2, 0.25) is 0 Å². The van der Waals surface area contributed by atoms with Crippen molar-refractivity contribution < 1.29 is 0 Å². The number of aromatic nitrogens is 1. The van der Waals surface area contributed by atoms with Crippen molar-refractivity contribution in [2.45, 2.75) is 6.92 Å². The molecule has 0 bridgehead atoms. The zero-order chi connectivity index (χ0) is 12.5. The quantitative estimate of drug-likeness (QED) is 0.629. The zero-order valence-electron chi connectivity index (χ0n) is 10.4. The van der Waals surface area contributed by atoms with Gasteiger partial charge in [-0.2, -0.15) is 0 Å². The summed E-state index contributed by atoms with van der Waals surface area (Å²) in [6.45, 7) is 2.09. The van der Waals surface area contributed by atoms with Gasteiger partial charge in [0.15, 0.2) is 4.80 Å². The fourth-order valence-electron chi connectivity index (χ4n) is 1.92. The van der Waals surface area contributed by atoms with Gasteiger partial charge in [-0.3, -0.25) is 0 Å². The molecule has 0 aliphatic rings. The van der Waals surface area contributed by atoms with Gasteiger partial charge in [-0.05, 0) is 31.2 Å². The molecule has 0 spiro atoms. The molecule has 0 aliphatic carbocycles. The van der Waals surface area contributed by atoms with Crippen LogP contribution in [0.5, 0.6) is 0 Å². The van der Waals surface area contributed by atoms with E-state index < -0.39 is 0 Å². The Labute approximate surface area is 110 Å². The van der Waals surface area contributed by atoms with E-state index >= 15 is 0 Å². The van der Waals surface area contributed by atoms with Gasteiger partial charge in [0.25, 0.3) is 0 Å². The summed E-state index contributed by atoms with van der Waals surface area (Å²) in [6, 6.07) is 16.7. The maximum Gasteiger partial charge on any atom is 0.190 e. The first-order valence-corrected chi connectivity index (χ1v) is 6.72. The number of thiazole rings is 1. The molecule has 0 saturated heterocycles. The van der Waals surface area contributed by atoms with Crippen molar-refractivity contribution in [1.82, 2.24) is 4.57 Å². The van der Waals surface area contributed by atoms with E-state index in [0.29, 0.717) is 0 Å². The maximum absolute atomic E-state index is 4.70. The van der Waals surface area contributed by atoms with Gasteiger partial charge in [0, 0.05) is 7.05 Å². The number of aryl methyl sites for hydroxylation is 2. The summed E-state index contributed by atoms with van der Waals surface area (Å²) in [4.78, 5) is 5.73. The van der Waals surface area contributed by atoms with Crippen molar-refractivity contribution in [3.05, 3.63) is 58.9 Å². The summed E-state index contributed by atoms with van der Waals surface area (Å²) in [5.74, 6) is 0. The molecule has 0 radical (unpaired) electrons. The number of hydrogen-bond acceptors (Lipinski definition) is 2. The van der Waals surface area contributed by atoms with Crippen LogP contribution in [0.4, 0.5) is 5.69 Å². The molecule has 3 rings (SSSR count). The van der Waals surface area contributed by atoms with Crippen LogP contribution in [0.15, 0.2) is 53.5 Å². The summed E-state index contributed by atoms with van der Waals surface area (Å²) >= 11 is 1.72. The van der Waals surface area contributed by atoms with Gasteiger partial charge in [-0.1, -0.05) is 41.2 Å². The monoisotopic (exact) mass is 254 g/mol. The fraction of sp³-hybridized carbons (Fsp3) is 0.133. The summed E-state index contributed by atoms with van der Waals surface area (Å²) in [5, 5.41) is 0. The molecule has 0 atom stereocenters. The van der Waals surface area contributed by atoms with Crippen LogP contribution < -0.4 is 4.80 Å². The second-order valence-corrected chi connectivity index (χ2v) is 5.37. The molecule has 0 fully saturated rings. The third-order valence-electron chi connectivity index (χ3n) is 2.97. The van der Waals surface area contributed by atoms with E-state index in [1.165, 1.54) is 15.8 Å². The lowest BCUT2D eigenvalue weighted by Crippen LogP contribution is -2.08. The van der Waals surface area contributed by atoms with Gasteiger partial charge < -0.3 is 4.57 Å². The van der Waals surface area contributed by atoms with E-state index in [0.717, 1.165) is 10.5 Å². The Morgan fingerprint density at radius 1 is 1.00 bits per heavy atom. The van der Waals surface area contributed by atoms with E-state index in [-0.39, 0.29) is 0 Å². The topological polar surface area (TPSA) is 17.3 Å². The Hall–Kier alpha value is -1.87. The van der Waals surface area contributed by atoms with Gasteiger partial charge in [0.2, 0.25) is 0 Å². The number of nitrogens with zero attached hydrogens (tertiary/aromatic N) is 2. The van der Waals surface area contributed by atoms with Crippen molar-refractivity contribution in [1.29, 1.82) is 0 Å². The minimum atomic E-state index is 1.00. The SMILES string of the molecule is Cc1ccc(N=c2sc3ccccc3n2C)cc1. The molecule has 1 aromatic heterocycles. The highest BCUT2D eigenvalue weighted by atomic mass is 32.1. The average molecular weight is 254 g/mol. The number of fused-ring (bicyclic) bond motifs is 1. The second kappa shape index (κ2) is 4.42. The second-order valence-electron chi connectivity index (χ2n) is 4.36. The normalized spacial score (nSPS) is 12.2. The molecule has 1 heterocycles. The zero-order valence-corrected chi connectivity index (χ0v) is 11.2. The highest BCUT2D eigenvalue weighted by Crippen LogP contribution is 2.17. The van der Waals surface area contributed by atoms with Crippen molar-refractivity contribution in [2.24, 2.45) is 12.0 Å². The molecule has 2 aromatic carbocycles. The molecule has 90 valence electrons. The molecule has 2 nitrogen and oxygen atoms in total. The van der Waals surface area contributed by atoms with Crippen LogP contribution in [0.3, 0.4) is 0 Å². The van der Waals surface area contributed by atoms with Crippen LogP contribution in [-0.2, 0) is 7.05 Å². The molecular weight excluding hydrogens is 240 g/mol. The lowest BCUT2D eigenvalue weighted by Gasteiger charge is -1.96. The first-order chi connectivity index (χ1) is 8.74. The van der Waals surface area contributed by atoms with E-state index in [9.17, 15) is 0 Å². The van der Waals surface area contributed by atoms with Crippen LogP contribution in [0.1, 0.15) is 5.56 Å². The standard InChI is InChI=1S/C15H14N2S/c1-11-7-9-12(10-8-11)16-15-17(2)13-5-3-4-6-14(13)18-15/h3-10H,1-2H3. The molecule has 0 unspecified atom stereocenters. The van der Waals surface area contributed by atoms with Gasteiger partial charge in [0.05, 0.1) is 15.9 Å². The summed E-state index contributed by atoms with van der Waals surface area (Å²) in [7, 11) is 2.06. The number of rotatable bonds is 1. The third kappa shape index (κ3) is 1.97. The van der Waals surface area contributed by atoms with Gasteiger partial charge in [-0.25, -0.2) is 4.99 Å². The summed E-state index contributed by atoms with van der Waals surface area (Å²) < 4.78 is 3.41.